The van der Waals surface area contributed by atoms with Gasteiger partial charge in [-0.05, 0) is 12.8 Å². The zero-order valence-corrected chi connectivity index (χ0v) is 19.8. The Labute approximate surface area is 188 Å². The van der Waals surface area contributed by atoms with Crippen molar-refractivity contribution in [3.05, 3.63) is 0 Å². The predicted octanol–water partition coefficient (Wildman–Crippen LogP) is 3.43. The summed E-state index contributed by atoms with van der Waals surface area (Å²) in [5.41, 5.74) is 0. The first-order chi connectivity index (χ1) is 14.9. The van der Waals surface area contributed by atoms with Crippen molar-refractivity contribution in [3.63, 3.8) is 0 Å². The van der Waals surface area contributed by atoms with Gasteiger partial charge in [0, 0.05) is 12.8 Å². The van der Waals surface area contributed by atoms with E-state index in [4.69, 9.17) is 30.3 Å². The van der Waals surface area contributed by atoms with Crippen LogP contribution in [0.5, 0.6) is 0 Å². The van der Waals surface area contributed by atoms with Crippen molar-refractivity contribution in [3.8, 4) is 0 Å². The summed E-state index contributed by atoms with van der Waals surface area (Å²) in [5, 5.41) is 41.0. The smallest absolute Gasteiger partial charge is 0.305 e. The molecular formula is C23H48O8. The molecule has 0 heterocycles. The lowest BCUT2D eigenvalue weighted by molar-refractivity contribution is -0.147. The maximum absolute atomic E-state index is 11.1. The molecule has 31 heavy (non-hydrogen) atoms. The van der Waals surface area contributed by atoms with Crippen LogP contribution in [0.15, 0.2) is 0 Å². The molecule has 8 heteroatoms. The molecule has 188 valence electrons. The highest BCUT2D eigenvalue weighted by Gasteiger charge is 2.07. The Kier molecular flexibility index (Phi) is 34.4. The number of aliphatic hydroxyl groups is 4. The molecule has 0 aromatic carbocycles. The van der Waals surface area contributed by atoms with E-state index in [2.05, 4.69) is 13.8 Å². The van der Waals surface area contributed by atoms with Crippen molar-refractivity contribution in [2.24, 2.45) is 0 Å². The number of aliphatic carboxylic acids is 1. The van der Waals surface area contributed by atoms with E-state index in [1.165, 1.54) is 44.9 Å². The van der Waals surface area contributed by atoms with Crippen LogP contribution < -0.4 is 0 Å². The molecule has 0 bridgehead atoms. The Bertz CT molecular complexity index is 361. The second-order valence-corrected chi connectivity index (χ2v) is 7.40. The van der Waals surface area contributed by atoms with E-state index in [1.807, 2.05) is 0 Å². The van der Waals surface area contributed by atoms with Crippen molar-refractivity contribution in [2.75, 3.05) is 26.4 Å². The summed E-state index contributed by atoms with van der Waals surface area (Å²) < 4.78 is 4.75. The quantitative estimate of drug-likeness (QED) is 0.157. The average Bonchev–Trinajstić information content (AvgIpc) is 2.77. The van der Waals surface area contributed by atoms with E-state index in [1.54, 1.807) is 0 Å². The molecule has 0 aliphatic heterocycles. The highest BCUT2D eigenvalue weighted by atomic mass is 16.5. The van der Waals surface area contributed by atoms with Crippen molar-refractivity contribution in [1.82, 2.24) is 0 Å². The number of esters is 1. The zero-order chi connectivity index (χ0) is 24.2. The predicted molar refractivity (Wildman–Crippen MR) is 122 cm³/mol. The second kappa shape index (κ2) is 31.0. The maximum atomic E-state index is 11.1. The van der Waals surface area contributed by atoms with E-state index in [0.29, 0.717) is 12.8 Å². The van der Waals surface area contributed by atoms with Gasteiger partial charge < -0.3 is 30.3 Å². The lowest BCUT2D eigenvalue weighted by Crippen LogP contribution is -2.21. The van der Waals surface area contributed by atoms with Crippen LogP contribution in [0, 0.1) is 0 Å². The van der Waals surface area contributed by atoms with Crippen LogP contribution in [-0.2, 0) is 14.3 Å². The number of aliphatic hydroxyl groups excluding tert-OH is 4. The van der Waals surface area contributed by atoms with E-state index in [-0.39, 0.29) is 32.4 Å². The second-order valence-electron chi connectivity index (χ2n) is 7.40. The van der Waals surface area contributed by atoms with Crippen molar-refractivity contribution < 1.29 is 39.9 Å². The molecule has 0 aromatic heterocycles. The summed E-state index contributed by atoms with van der Waals surface area (Å²) in [5.74, 6) is -0.956. The fourth-order valence-corrected chi connectivity index (χ4v) is 2.42. The van der Waals surface area contributed by atoms with Gasteiger partial charge >= 0.3 is 11.9 Å². The largest absolute Gasteiger partial charge is 0.481 e. The molecule has 0 amide bonds. The molecule has 0 radical (unpaired) electrons. The molecule has 0 aromatic rings. The molecule has 0 fully saturated rings. The van der Waals surface area contributed by atoms with Gasteiger partial charge in [-0.2, -0.15) is 0 Å². The van der Waals surface area contributed by atoms with Gasteiger partial charge in [0.15, 0.2) is 0 Å². The van der Waals surface area contributed by atoms with Crippen molar-refractivity contribution in [2.45, 2.75) is 110 Å². The molecular weight excluding hydrogens is 404 g/mol. The maximum Gasteiger partial charge on any atom is 0.305 e. The standard InChI is InChI=1S/C11H22O4.C10H20O2.C2H6O2/c1-2-3-4-5-6-7-11(14)15-9-10(13)8-12;1-2-3-4-5-6-7-8-9-10(11)12;3-1-2-4/h10,12-13H,2-9H2,1H3;2-9H2,1H3,(H,11,12);3-4H,1-2H2. The van der Waals surface area contributed by atoms with E-state index >= 15 is 0 Å². The Morgan fingerprint density at radius 3 is 1.52 bits per heavy atom. The fourth-order valence-electron chi connectivity index (χ4n) is 2.42. The van der Waals surface area contributed by atoms with Crippen molar-refractivity contribution in [1.29, 1.82) is 0 Å². The van der Waals surface area contributed by atoms with Crippen LogP contribution in [-0.4, -0.2) is 70.0 Å². The van der Waals surface area contributed by atoms with Crippen molar-refractivity contribution >= 4 is 11.9 Å². The SMILES string of the molecule is CCCCCCCC(=O)OCC(O)CO.CCCCCCCCCC(=O)O.OCCO. The molecule has 0 saturated carbocycles. The number of ether oxygens (including phenoxy) is 1. The van der Waals surface area contributed by atoms with Gasteiger partial charge in [-0.3, -0.25) is 9.59 Å². The molecule has 1 unspecified atom stereocenters. The number of hydrogen-bond donors (Lipinski definition) is 5. The summed E-state index contributed by atoms with van der Waals surface area (Å²) >= 11 is 0. The van der Waals surface area contributed by atoms with Gasteiger partial charge in [0.25, 0.3) is 0 Å². The zero-order valence-electron chi connectivity index (χ0n) is 19.8. The average molecular weight is 453 g/mol. The number of carboxylic acids is 1. The molecule has 0 aliphatic rings. The van der Waals surface area contributed by atoms with Gasteiger partial charge in [-0.1, -0.05) is 78.1 Å². The van der Waals surface area contributed by atoms with Crippen LogP contribution >= 0.6 is 0 Å². The molecule has 1 atom stereocenters. The number of carbonyl (C=O) groups is 2. The number of hydrogen-bond acceptors (Lipinski definition) is 7. The van der Waals surface area contributed by atoms with E-state index in [9.17, 15) is 9.59 Å². The number of carbonyl (C=O) groups excluding carboxylic acids is 1. The van der Waals surface area contributed by atoms with Crippen LogP contribution in [0.2, 0.25) is 0 Å². The third kappa shape index (κ3) is 39.8. The van der Waals surface area contributed by atoms with Crippen LogP contribution in [0.1, 0.15) is 104 Å². The molecule has 8 nitrogen and oxygen atoms in total. The number of rotatable bonds is 18. The van der Waals surface area contributed by atoms with Gasteiger partial charge in [0.2, 0.25) is 0 Å². The molecule has 0 spiro atoms. The Balaban J connectivity index is -0.000000438. The summed E-state index contributed by atoms with van der Waals surface area (Å²) in [6, 6.07) is 0. The number of carboxylic acid groups (broad SMARTS) is 1. The minimum absolute atomic E-state index is 0.107. The first kappa shape index (κ1) is 34.4. The van der Waals surface area contributed by atoms with Gasteiger partial charge in [0.1, 0.15) is 12.7 Å². The summed E-state index contributed by atoms with van der Waals surface area (Å²) in [6.07, 6.45) is 13.5. The monoisotopic (exact) mass is 452 g/mol. The third-order valence-corrected chi connectivity index (χ3v) is 4.23. The van der Waals surface area contributed by atoms with E-state index in [0.717, 1.165) is 32.1 Å². The highest BCUT2D eigenvalue weighted by Crippen LogP contribution is 2.08. The normalized spacial score (nSPS) is 10.9. The van der Waals surface area contributed by atoms with Crippen LogP contribution in [0.25, 0.3) is 0 Å². The Morgan fingerprint density at radius 1 is 0.710 bits per heavy atom. The first-order valence-corrected chi connectivity index (χ1v) is 11.8. The lowest BCUT2D eigenvalue weighted by atomic mass is 10.1. The summed E-state index contributed by atoms with van der Waals surface area (Å²) in [6.45, 7) is 3.61. The first-order valence-electron chi connectivity index (χ1n) is 11.8. The van der Waals surface area contributed by atoms with Crippen LogP contribution in [0.4, 0.5) is 0 Å². The molecule has 0 saturated heterocycles. The minimum Gasteiger partial charge on any atom is -0.481 e. The van der Waals surface area contributed by atoms with Crippen LogP contribution in [0.3, 0.4) is 0 Å². The third-order valence-electron chi connectivity index (χ3n) is 4.23. The Hall–Kier alpha value is -1.22. The number of unbranched alkanes of at least 4 members (excludes halogenated alkanes) is 10. The molecule has 0 rings (SSSR count). The lowest BCUT2D eigenvalue weighted by Gasteiger charge is -2.08. The van der Waals surface area contributed by atoms with Gasteiger partial charge in [0.05, 0.1) is 19.8 Å². The Morgan fingerprint density at radius 2 is 1.13 bits per heavy atom. The molecule has 0 aliphatic carbocycles. The van der Waals surface area contributed by atoms with Gasteiger partial charge in [-0.15, -0.1) is 0 Å². The van der Waals surface area contributed by atoms with E-state index < -0.39 is 12.1 Å². The molecule has 5 N–H and O–H groups in total. The van der Waals surface area contributed by atoms with Gasteiger partial charge in [-0.25, -0.2) is 0 Å². The summed E-state index contributed by atoms with van der Waals surface area (Å²) in [7, 11) is 0. The minimum atomic E-state index is -0.950. The fraction of sp³-hybridized carbons (Fsp3) is 0.913. The highest BCUT2D eigenvalue weighted by molar-refractivity contribution is 5.69. The summed E-state index contributed by atoms with van der Waals surface area (Å²) in [4.78, 5) is 21.2. The topological polar surface area (TPSA) is 145 Å².